The molecular formula is C13H17NO2. The lowest BCUT2D eigenvalue weighted by molar-refractivity contribution is -0.139. The highest BCUT2D eigenvalue weighted by atomic mass is 16.4. The molecule has 0 aliphatic heterocycles. The molecule has 0 aromatic heterocycles. The third-order valence-corrected chi connectivity index (χ3v) is 3.38. The van der Waals surface area contributed by atoms with Crippen molar-refractivity contribution in [2.24, 2.45) is 5.73 Å². The molecule has 3 nitrogen and oxygen atoms in total. The van der Waals surface area contributed by atoms with Crippen LogP contribution in [0.25, 0.3) is 0 Å². The van der Waals surface area contributed by atoms with E-state index in [1.165, 1.54) is 11.1 Å². The number of fused-ring (bicyclic) bond motifs is 1. The normalized spacial score (nSPS) is 21.2. The average molecular weight is 219 g/mol. The molecule has 1 aliphatic carbocycles. The van der Waals surface area contributed by atoms with Gasteiger partial charge in [0.15, 0.2) is 0 Å². The summed E-state index contributed by atoms with van der Waals surface area (Å²) in [6.07, 6.45) is 2.95. The molecule has 86 valence electrons. The molecule has 1 aromatic rings. The number of aryl methyl sites for hydroxylation is 2. The number of hydrogen-bond donors (Lipinski definition) is 2. The predicted octanol–water partition coefficient (Wildman–Crippen LogP) is 1.83. The summed E-state index contributed by atoms with van der Waals surface area (Å²) in [7, 11) is 0. The van der Waals surface area contributed by atoms with Gasteiger partial charge in [-0.25, -0.2) is 0 Å². The second-order valence-corrected chi connectivity index (χ2v) is 4.57. The van der Waals surface area contributed by atoms with Crippen molar-refractivity contribution >= 4 is 5.97 Å². The van der Waals surface area contributed by atoms with Gasteiger partial charge in [-0.1, -0.05) is 23.8 Å². The zero-order valence-electron chi connectivity index (χ0n) is 9.44. The molecule has 0 spiro atoms. The number of benzene rings is 1. The molecule has 0 saturated heterocycles. The van der Waals surface area contributed by atoms with E-state index in [0.717, 1.165) is 24.8 Å². The first kappa shape index (κ1) is 11.1. The molecule has 0 fully saturated rings. The molecule has 1 aromatic carbocycles. The average Bonchev–Trinajstić information content (AvgIpc) is 2.27. The van der Waals surface area contributed by atoms with Crippen LogP contribution < -0.4 is 5.73 Å². The Kier molecular flexibility index (Phi) is 2.97. The number of carboxylic acid groups (broad SMARTS) is 1. The Morgan fingerprint density at radius 2 is 2.31 bits per heavy atom. The molecule has 0 heterocycles. The summed E-state index contributed by atoms with van der Waals surface area (Å²) in [6.45, 7) is 2.03. The second kappa shape index (κ2) is 4.26. The molecule has 0 radical (unpaired) electrons. The van der Waals surface area contributed by atoms with Gasteiger partial charge in [0.1, 0.15) is 6.04 Å². The SMILES string of the molecule is Cc1ccc2c(c1)C(C(N)C(=O)O)CCC2. The van der Waals surface area contributed by atoms with Gasteiger partial charge < -0.3 is 10.8 Å². The van der Waals surface area contributed by atoms with Crippen LogP contribution in [0.15, 0.2) is 18.2 Å². The largest absolute Gasteiger partial charge is 0.480 e. The Bertz CT molecular complexity index is 414. The van der Waals surface area contributed by atoms with Gasteiger partial charge in [-0.15, -0.1) is 0 Å². The van der Waals surface area contributed by atoms with Crippen molar-refractivity contribution in [1.29, 1.82) is 0 Å². The van der Waals surface area contributed by atoms with Gasteiger partial charge in [0.05, 0.1) is 0 Å². The number of aliphatic carboxylic acids is 1. The molecule has 2 rings (SSSR count). The molecule has 2 atom stereocenters. The van der Waals surface area contributed by atoms with Gasteiger partial charge in [-0.05, 0) is 37.3 Å². The molecule has 2 unspecified atom stereocenters. The lowest BCUT2D eigenvalue weighted by atomic mass is 9.78. The van der Waals surface area contributed by atoms with E-state index in [0.29, 0.717) is 0 Å². The quantitative estimate of drug-likeness (QED) is 0.797. The Labute approximate surface area is 95.3 Å². The number of carbonyl (C=O) groups is 1. The summed E-state index contributed by atoms with van der Waals surface area (Å²) in [4.78, 5) is 11.0. The summed E-state index contributed by atoms with van der Waals surface area (Å²) in [5, 5.41) is 9.00. The van der Waals surface area contributed by atoms with Crippen molar-refractivity contribution in [3.63, 3.8) is 0 Å². The molecule has 0 saturated carbocycles. The van der Waals surface area contributed by atoms with Gasteiger partial charge in [-0.3, -0.25) is 4.79 Å². The number of carboxylic acids is 1. The second-order valence-electron chi connectivity index (χ2n) is 4.57. The highest BCUT2D eigenvalue weighted by Crippen LogP contribution is 2.34. The maximum atomic E-state index is 11.0. The lowest BCUT2D eigenvalue weighted by Crippen LogP contribution is -2.38. The summed E-state index contributed by atoms with van der Waals surface area (Å²) < 4.78 is 0. The number of hydrogen-bond acceptors (Lipinski definition) is 2. The molecule has 3 heteroatoms. The number of nitrogens with two attached hydrogens (primary N) is 1. The van der Waals surface area contributed by atoms with Crippen LogP contribution in [0, 0.1) is 6.92 Å². The van der Waals surface area contributed by atoms with E-state index < -0.39 is 12.0 Å². The van der Waals surface area contributed by atoms with Crippen LogP contribution in [-0.2, 0) is 11.2 Å². The standard InChI is InChI=1S/C13H17NO2/c1-8-5-6-9-3-2-4-10(11(9)7-8)12(14)13(15)16/h5-7,10,12H,2-4,14H2,1H3,(H,15,16). The first-order valence-electron chi connectivity index (χ1n) is 5.67. The third kappa shape index (κ3) is 1.95. The molecule has 16 heavy (non-hydrogen) atoms. The Hall–Kier alpha value is -1.35. The van der Waals surface area contributed by atoms with Crippen molar-refractivity contribution in [1.82, 2.24) is 0 Å². The fourth-order valence-electron chi connectivity index (χ4n) is 2.50. The van der Waals surface area contributed by atoms with Crippen molar-refractivity contribution in [3.8, 4) is 0 Å². The van der Waals surface area contributed by atoms with Crippen LogP contribution in [-0.4, -0.2) is 17.1 Å². The smallest absolute Gasteiger partial charge is 0.321 e. The zero-order valence-corrected chi connectivity index (χ0v) is 9.44. The minimum atomic E-state index is -0.903. The maximum Gasteiger partial charge on any atom is 0.321 e. The van der Waals surface area contributed by atoms with E-state index in [1.807, 2.05) is 6.92 Å². The van der Waals surface area contributed by atoms with Crippen molar-refractivity contribution in [2.45, 2.75) is 38.1 Å². The number of rotatable bonds is 2. The first-order chi connectivity index (χ1) is 7.59. The van der Waals surface area contributed by atoms with Crippen molar-refractivity contribution in [2.75, 3.05) is 0 Å². The highest BCUT2D eigenvalue weighted by Gasteiger charge is 2.29. The van der Waals surface area contributed by atoms with E-state index in [1.54, 1.807) is 0 Å². The monoisotopic (exact) mass is 219 g/mol. The minimum Gasteiger partial charge on any atom is -0.480 e. The molecular weight excluding hydrogens is 202 g/mol. The summed E-state index contributed by atoms with van der Waals surface area (Å²) in [6, 6.07) is 5.49. The molecule has 0 amide bonds. The fraction of sp³-hybridized carbons (Fsp3) is 0.462. The van der Waals surface area contributed by atoms with Crippen molar-refractivity contribution in [3.05, 3.63) is 34.9 Å². The van der Waals surface area contributed by atoms with Crippen molar-refractivity contribution < 1.29 is 9.90 Å². The van der Waals surface area contributed by atoms with Crippen LogP contribution >= 0.6 is 0 Å². The summed E-state index contributed by atoms with van der Waals surface area (Å²) >= 11 is 0. The van der Waals surface area contributed by atoms with Gasteiger partial charge in [-0.2, -0.15) is 0 Å². The van der Waals surface area contributed by atoms with Gasteiger partial charge in [0.25, 0.3) is 0 Å². The lowest BCUT2D eigenvalue weighted by Gasteiger charge is -2.28. The highest BCUT2D eigenvalue weighted by molar-refractivity contribution is 5.75. The molecule has 1 aliphatic rings. The van der Waals surface area contributed by atoms with Gasteiger partial charge in [0, 0.05) is 5.92 Å². The van der Waals surface area contributed by atoms with E-state index in [4.69, 9.17) is 10.8 Å². The predicted molar refractivity (Wildman–Crippen MR) is 62.5 cm³/mol. The third-order valence-electron chi connectivity index (χ3n) is 3.38. The topological polar surface area (TPSA) is 63.3 Å². The Balaban J connectivity index is 2.38. The van der Waals surface area contributed by atoms with Crippen LogP contribution in [0.1, 0.15) is 35.4 Å². The fourth-order valence-corrected chi connectivity index (χ4v) is 2.50. The Morgan fingerprint density at radius 1 is 1.56 bits per heavy atom. The molecule has 0 bridgehead atoms. The van der Waals surface area contributed by atoms with E-state index >= 15 is 0 Å². The van der Waals surface area contributed by atoms with Crippen LogP contribution in [0.2, 0.25) is 0 Å². The van der Waals surface area contributed by atoms with E-state index in [9.17, 15) is 4.79 Å². The van der Waals surface area contributed by atoms with Gasteiger partial charge in [0.2, 0.25) is 0 Å². The zero-order chi connectivity index (χ0) is 11.7. The van der Waals surface area contributed by atoms with Crippen LogP contribution in [0.5, 0.6) is 0 Å². The first-order valence-corrected chi connectivity index (χ1v) is 5.67. The Morgan fingerprint density at radius 3 is 3.00 bits per heavy atom. The maximum absolute atomic E-state index is 11.0. The summed E-state index contributed by atoms with van der Waals surface area (Å²) in [5.74, 6) is -0.930. The van der Waals surface area contributed by atoms with E-state index in [-0.39, 0.29) is 5.92 Å². The summed E-state index contributed by atoms with van der Waals surface area (Å²) in [5.41, 5.74) is 9.33. The van der Waals surface area contributed by atoms with E-state index in [2.05, 4.69) is 18.2 Å². The molecule has 3 N–H and O–H groups in total. The minimum absolute atomic E-state index is 0.0267. The van der Waals surface area contributed by atoms with Gasteiger partial charge >= 0.3 is 5.97 Å². The van der Waals surface area contributed by atoms with Crippen LogP contribution in [0.3, 0.4) is 0 Å². The van der Waals surface area contributed by atoms with Crippen LogP contribution in [0.4, 0.5) is 0 Å².